The van der Waals surface area contributed by atoms with Crippen molar-refractivity contribution in [3.05, 3.63) is 12.7 Å². The molecule has 1 saturated heterocycles. The smallest absolute Gasteiger partial charge is 0.165 e. The lowest BCUT2D eigenvalue weighted by Crippen LogP contribution is -2.18. The molecule has 0 unspecified atom stereocenters. The molecule has 118 valence electrons. The van der Waals surface area contributed by atoms with E-state index in [-0.39, 0.29) is 6.10 Å². The molecule has 0 bridgehead atoms. The van der Waals surface area contributed by atoms with Crippen LogP contribution in [0.3, 0.4) is 0 Å². The average Bonchev–Trinajstić information content (AvgIpc) is 3.08. The molecule has 3 heterocycles. The molecule has 1 N–H and O–H groups in total. The third kappa shape index (κ3) is 2.91. The van der Waals surface area contributed by atoms with Crippen molar-refractivity contribution in [2.75, 3.05) is 31.7 Å². The van der Waals surface area contributed by atoms with Crippen LogP contribution in [0, 0.1) is 0 Å². The zero-order valence-electron chi connectivity index (χ0n) is 12.6. The number of nitrogens with zero attached hydrogens (tertiary/aromatic N) is 4. The Morgan fingerprint density at radius 1 is 1.27 bits per heavy atom. The molecule has 1 aliphatic carbocycles. The van der Waals surface area contributed by atoms with E-state index >= 15 is 0 Å². The van der Waals surface area contributed by atoms with E-state index in [1.807, 2.05) is 6.33 Å². The molecular formula is C15H21N5O2. The molecule has 1 aliphatic heterocycles. The molecule has 0 radical (unpaired) electrons. The van der Waals surface area contributed by atoms with E-state index < -0.39 is 0 Å². The fourth-order valence-electron chi connectivity index (χ4n) is 2.83. The predicted molar refractivity (Wildman–Crippen MR) is 81.9 cm³/mol. The minimum absolute atomic E-state index is 0.278. The summed E-state index contributed by atoms with van der Waals surface area (Å²) in [5.74, 6) is 0.783. The van der Waals surface area contributed by atoms with Gasteiger partial charge in [-0.05, 0) is 25.7 Å². The molecule has 7 nitrogen and oxygen atoms in total. The van der Waals surface area contributed by atoms with Crippen LogP contribution >= 0.6 is 0 Å². The first-order valence-corrected chi connectivity index (χ1v) is 8.02. The summed E-state index contributed by atoms with van der Waals surface area (Å²) in [4.78, 5) is 13.1. The van der Waals surface area contributed by atoms with Crippen LogP contribution in [0.5, 0.6) is 0 Å². The zero-order valence-corrected chi connectivity index (χ0v) is 12.6. The third-order valence-electron chi connectivity index (χ3n) is 4.17. The van der Waals surface area contributed by atoms with Gasteiger partial charge in [-0.1, -0.05) is 0 Å². The maximum Gasteiger partial charge on any atom is 0.165 e. The maximum absolute atomic E-state index is 5.65. The second kappa shape index (κ2) is 6.18. The lowest BCUT2D eigenvalue weighted by molar-refractivity contribution is 0.0206. The van der Waals surface area contributed by atoms with Gasteiger partial charge in [-0.15, -0.1) is 0 Å². The van der Waals surface area contributed by atoms with Gasteiger partial charge in [0.2, 0.25) is 0 Å². The van der Waals surface area contributed by atoms with E-state index in [4.69, 9.17) is 9.47 Å². The number of aromatic nitrogens is 4. The largest absolute Gasteiger partial charge is 0.377 e. The summed E-state index contributed by atoms with van der Waals surface area (Å²) in [6.45, 7) is 2.88. The highest BCUT2D eigenvalue weighted by Gasteiger charge is 2.26. The van der Waals surface area contributed by atoms with Gasteiger partial charge >= 0.3 is 0 Å². The first kappa shape index (κ1) is 13.9. The Morgan fingerprint density at radius 3 is 3.05 bits per heavy atom. The van der Waals surface area contributed by atoms with Crippen LogP contribution in [0.1, 0.15) is 31.7 Å². The second-order valence-corrected chi connectivity index (χ2v) is 5.91. The van der Waals surface area contributed by atoms with E-state index in [9.17, 15) is 0 Å². The fraction of sp³-hybridized carbons (Fsp3) is 0.667. The number of anilines is 1. The van der Waals surface area contributed by atoms with Crippen LogP contribution in [0.15, 0.2) is 12.7 Å². The van der Waals surface area contributed by atoms with Gasteiger partial charge in [0.25, 0.3) is 0 Å². The molecular weight excluding hydrogens is 282 g/mol. The van der Waals surface area contributed by atoms with Crippen molar-refractivity contribution in [1.29, 1.82) is 0 Å². The van der Waals surface area contributed by atoms with Gasteiger partial charge in [-0.25, -0.2) is 15.0 Å². The highest BCUT2D eigenvalue weighted by molar-refractivity contribution is 5.82. The Bertz CT molecular complexity index is 634. The molecule has 2 aromatic heterocycles. The summed E-state index contributed by atoms with van der Waals surface area (Å²) in [5, 5.41) is 3.29. The fourth-order valence-corrected chi connectivity index (χ4v) is 2.83. The van der Waals surface area contributed by atoms with Crippen molar-refractivity contribution in [1.82, 2.24) is 19.5 Å². The normalized spacial score (nSPS) is 21.5. The number of imidazole rings is 1. The van der Waals surface area contributed by atoms with Crippen molar-refractivity contribution in [2.24, 2.45) is 0 Å². The van der Waals surface area contributed by atoms with Crippen LogP contribution in [-0.4, -0.2) is 52.0 Å². The van der Waals surface area contributed by atoms with Crippen LogP contribution < -0.4 is 5.32 Å². The monoisotopic (exact) mass is 303 g/mol. The Morgan fingerprint density at radius 2 is 2.23 bits per heavy atom. The summed E-state index contributed by atoms with van der Waals surface area (Å²) in [6.07, 6.45) is 8.44. The van der Waals surface area contributed by atoms with Crippen LogP contribution in [-0.2, 0) is 9.47 Å². The number of hydrogen-bond acceptors (Lipinski definition) is 6. The highest BCUT2D eigenvalue weighted by Crippen LogP contribution is 2.37. The first-order chi connectivity index (χ1) is 10.9. The highest BCUT2D eigenvalue weighted by atomic mass is 16.5. The average molecular weight is 303 g/mol. The van der Waals surface area contributed by atoms with Gasteiger partial charge in [0.05, 0.1) is 25.6 Å². The molecule has 1 atom stereocenters. The molecule has 0 aromatic carbocycles. The number of hydrogen-bond donors (Lipinski definition) is 1. The molecule has 22 heavy (non-hydrogen) atoms. The van der Waals surface area contributed by atoms with Gasteiger partial charge in [0.15, 0.2) is 11.5 Å². The molecule has 0 spiro atoms. The first-order valence-electron chi connectivity index (χ1n) is 8.02. The molecule has 4 rings (SSSR count). The Hall–Kier alpha value is -1.73. The molecule has 2 aromatic rings. The summed E-state index contributed by atoms with van der Waals surface area (Å²) in [7, 11) is 0. The summed E-state index contributed by atoms with van der Waals surface area (Å²) in [6, 6.07) is 0.572. The number of fused-ring (bicyclic) bond motifs is 1. The van der Waals surface area contributed by atoms with Crippen molar-refractivity contribution in [2.45, 2.75) is 37.8 Å². The van der Waals surface area contributed by atoms with E-state index in [2.05, 4.69) is 24.8 Å². The van der Waals surface area contributed by atoms with E-state index in [1.165, 1.54) is 12.8 Å². The predicted octanol–water partition coefficient (Wildman–Crippen LogP) is 1.77. The Balaban J connectivity index is 1.31. The second-order valence-electron chi connectivity index (χ2n) is 5.91. The van der Waals surface area contributed by atoms with E-state index in [0.29, 0.717) is 25.8 Å². The standard InChI is InChI=1S/C15H21N5O2/c1-2-12(22-6-1)8-21-7-5-16-14-13-15(18-9-17-14)20(10-19-13)11-3-4-11/h9-12H,1-8H2,(H,16,17,18)/t12-/m0/s1. The minimum atomic E-state index is 0.278. The molecule has 1 saturated carbocycles. The van der Waals surface area contributed by atoms with Gasteiger partial charge < -0.3 is 19.4 Å². The summed E-state index contributed by atoms with van der Waals surface area (Å²) < 4.78 is 13.3. The quantitative estimate of drug-likeness (QED) is 0.786. The van der Waals surface area contributed by atoms with Gasteiger partial charge in [0.1, 0.15) is 11.8 Å². The van der Waals surface area contributed by atoms with Crippen LogP contribution in [0.2, 0.25) is 0 Å². The maximum atomic E-state index is 5.65. The molecule has 7 heteroatoms. The van der Waals surface area contributed by atoms with Crippen molar-refractivity contribution in [3.63, 3.8) is 0 Å². The molecule has 2 aliphatic rings. The minimum Gasteiger partial charge on any atom is -0.377 e. The van der Waals surface area contributed by atoms with Crippen molar-refractivity contribution < 1.29 is 9.47 Å². The summed E-state index contributed by atoms with van der Waals surface area (Å²) >= 11 is 0. The van der Waals surface area contributed by atoms with E-state index in [1.54, 1.807) is 6.33 Å². The number of nitrogens with one attached hydrogen (secondary N) is 1. The van der Waals surface area contributed by atoms with Crippen molar-refractivity contribution in [3.8, 4) is 0 Å². The topological polar surface area (TPSA) is 74.1 Å². The van der Waals surface area contributed by atoms with Crippen molar-refractivity contribution >= 4 is 17.0 Å². The Kier molecular flexibility index (Phi) is 3.90. The third-order valence-corrected chi connectivity index (χ3v) is 4.17. The number of rotatable bonds is 7. The van der Waals surface area contributed by atoms with Gasteiger partial charge in [-0.2, -0.15) is 0 Å². The molecule has 2 fully saturated rings. The van der Waals surface area contributed by atoms with Crippen LogP contribution in [0.4, 0.5) is 5.82 Å². The van der Waals surface area contributed by atoms with E-state index in [0.717, 1.165) is 36.4 Å². The Labute approximate surface area is 129 Å². The zero-order chi connectivity index (χ0) is 14.8. The molecule has 0 amide bonds. The SMILES string of the molecule is c1nc(NCCOC[C@@H]2CCCO2)c2ncn(C3CC3)c2n1. The van der Waals surface area contributed by atoms with Gasteiger partial charge in [-0.3, -0.25) is 0 Å². The van der Waals surface area contributed by atoms with Gasteiger partial charge in [0, 0.05) is 19.2 Å². The van der Waals surface area contributed by atoms with Crippen LogP contribution in [0.25, 0.3) is 11.2 Å². The summed E-state index contributed by atoms with van der Waals surface area (Å²) in [5.41, 5.74) is 1.76. The number of ether oxygens (including phenoxy) is 2. The lowest BCUT2D eigenvalue weighted by atomic mass is 10.2. The lowest BCUT2D eigenvalue weighted by Gasteiger charge is -2.11.